The van der Waals surface area contributed by atoms with Gasteiger partial charge in [0.25, 0.3) is 0 Å². The van der Waals surface area contributed by atoms with Crippen LogP contribution in [0.2, 0.25) is 5.02 Å². The normalized spacial score (nSPS) is 16.3. The lowest BCUT2D eigenvalue weighted by atomic mass is 9.84. The van der Waals surface area contributed by atoms with E-state index in [-0.39, 0.29) is 31.1 Å². The summed E-state index contributed by atoms with van der Waals surface area (Å²) in [7, 11) is 3.43. The van der Waals surface area contributed by atoms with Crippen molar-refractivity contribution in [2.24, 2.45) is 5.92 Å². The minimum atomic E-state index is -0.490. The first-order chi connectivity index (χ1) is 18.0. The Balaban J connectivity index is 1.90. The summed E-state index contributed by atoms with van der Waals surface area (Å²) in [6.45, 7) is 4.73. The zero-order valence-corrected chi connectivity index (χ0v) is 23.0. The van der Waals surface area contributed by atoms with Crippen LogP contribution in [-0.2, 0) is 20.7 Å². The summed E-state index contributed by atoms with van der Waals surface area (Å²) in [4.78, 5) is 26.4. The van der Waals surface area contributed by atoms with Gasteiger partial charge in [-0.25, -0.2) is 4.79 Å². The van der Waals surface area contributed by atoms with Gasteiger partial charge < -0.3 is 25.0 Å². The molecule has 0 spiro atoms. The van der Waals surface area contributed by atoms with Gasteiger partial charge in [-0.2, -0.15) is 0 Å². The van der Waals surface area contributed by atoms with Crippen molar-refractivity contribution in [3.63, 3.8) is 0 Å². The average molecular weight is 530 g/mol. The maximum Gasteiger partial charge on any atom is 0.406 e. The summed E-state index contributed by atoms with van der Waals surface area (Å²) in [5, 5.41) is 6.22. The number of aryl methyl sites for hydroxylation is 1. The lowest BCUT2D eigenvalue weighted by Crippen LogP contribution is -2.42. The number of amides is 2. The quantitative estimate of drug-likeness (QED) is 0.368. The minimum Gasteiger partial charge on any atom is -0.447 e. The van der Waals surface area contributed by atoms with E-state index < -0.39 is 6.09 Å². The minimum absolute atomic E-state index is 0.0913. The first-order valence-electron chi connectivity index (χ1n) is 13.2. The fraction of sp³-hybridized carbons (Fsp3) is 0.517. The van der Waals surface area contributed by atoms with Gasteiger partial charge in [-0.05, 0) is 62.0 Å². The summed E-state index contributed by atoms with van der Waals surface area (Å²) in [6.07, 6.45) is 3.33. The molecule has 1 aliphatic heterocycles. The molecule has 7 nitrogen and oxygen atoms in total. The van der Waals surface area contributed by atoms with E-state index in [0.717, 1.165) is 55.5 Å². The van der Waals surface area contributed by atoms with Gasteiger partial charge >= 0.3 is 6.09 Å². The smallest absolute Gasteiger partial charge is 0.406 e. The zero-order valence-electron chi connectivity index (χ0n) is 22.2. The number of halogens is 1. The number of hydrogen-bond donors (Lipinski definition) is 2. The van der Waals surface area contributed by atoms with Crippen LogP contribution < -0.4 is 10.6 Å². The molecule has 8 heteroatoms. The summed E-state index contributed by atoms with van der Waals surface area (Å²) in [5.74, 6) is 0.275. The van der Waals surface area contributed by atoms with Gasteiger partial charge in [-0.1, -0.05) is 54.9 Å². The van der Waals surface area contributed by atoms with E-state index in [2.05, 4.69) is 47.9 Å². The lowest BCUT2D eigenvalue weighted by molar-refractivity contribution is -0.134. The van der Waals surface area contributed by atoms with Crippen LogP contribution in [0.1, 0.15) is 49.8 Å². The number of carbonyl (C=O) groups excluding carboxylic acids is 2. The van der Waals surface area contributed by atoms with Crippen LogP contribution in [0.25, 0.3) is 11.1 Å². The standard InChI is InChI=1S/C29H40ClN3O4/c1-4-21-9-5-10-22(19-21)27-24(12-6-13-25(27)30)28(36-17-18-37-29(35)32-3)23-11-8-16-33(20-23)26(34)14-7-15-31-2/h5-6,9-10,12-13,19,23,28,31H,4,7-8,11,14-18,20H2,1-3H3,(H,32,35)/t23-,28-/m1/s1. The largest absolute Gasteiger partial charge is 0.447 e. The predicted octanol–water partition coefficient (Wildman–Crippen LogP) is 5.22. The zero-order chi connectivity index (χ0) is 26.6. The van der Waals surface area contributed by atoms with Crippen LogP contribution in [0.5, 0.6) is 0 Å². The summed E-state index contributed by atoms with van der Waals surface area (Å²) in [5.41, 5.74) is 4.23. The number of benzene rings is 2. The Hall–Kier alpha value is -2.61. The molecule has 2 N–H and O–H groups in total. The van der Waals surface area contributed by atoms with Gasteiger partial charge in [0.1, 0.15) is 6.61 Å². The van der Waals surface area contributed by atoms with Crippen molar-refractivity contribution in [3.05, 3.63) is 58.6 Å². The second-order valence-corrected chi connectivity index (χ2v) is 9.79. The average Bonchev–Trinajstić information content (AvgIpc) is 2.93. The fourth-order valence-electron chi connectivity index (χ4n) is 4.95. The molecule has 1 aliphatic rings. The Labute approximate surface area is 225 Å². The van der Waals surface area contributed by atoms with Gasteiger partial charge in [0.15, 0.2) is 0 Å². The SMILES string of the molecule is CCc1cccc(-c2c(Cl)cccc2[C@H](OCCOC(=O)NC)[C@@H]2CCCN(C(=O)CCCNC)C2)c1. The van der Waals surface area contributed by atoms with Crippen LogP contribution in [0.15, 0.2) is 42.5 Å². The first-order valence-corrected chi connectivity index (χ1v) is 13.6. The highest BCUT2D eigenvalue weighted by atomic mass is 35.5. The van der Waals surface area contributed by atoms with E-state index in [1.165, 1.54) is 12.6 Å². The fourth-order valence-corrected chi connectivity index (χ4v) is 5.24. The van der Waals surface area contributed by atoms with Crippen LogP contribution in [0.3, 0.4) is 0 Å². The number of piperidine rings is 1. The second-order valence-electron chi connectivity index (χ2n) is 9.38. The molecule has 1 heterocycles. The first kappa shape index (κ1) is 29.0. The monoisotopic (exact) mass is 529 g/mol. The third-order valence-corrected chi connectivity index (χ3v) is 7.17. The second kappa shape index (κ2) is 15.0. The van der Waals surface area contributed by atoms with Crippen LogP contribution in [0, 0.1) is 5.92 Å². The van der Waals surface area contributed by atoms with E-state index in [9.17, 15) is 9.59 Å². The highest BCUT2D eigenvalue weighted by Gasteiger charge is 2.33. The summed E-state index contributed by atoms with van der Waals surface area (Å²) < 4.78 is 11.6. The number of likely N-dealkylation sites (tertiary alicyclic amines) is 1. The number of carbonyl (C=O) groups is 2. The molecule has 2 aromatic rings. The highest BCUT2D eigenvalue weighted by molar-refractivity contribution is 6.33. The Morgan fingerprint density at radius 3 is 2.73 bits per heavy atom. The molecule has 1 saturated heterocycles. The molecular formula is C29H40ClN3O4. The number of alkyl carbamates (subject to hydrolysis) is 1. The third kappa shape index (κ3) is 8.19. The van der Waals surface area contributed by atoms with Crippen molar-refractivity contribution < 1.29 is 19.1 Å². The van der Waals surface area contributed by atoms with Crippen molar-refractivity contribution in [1.29, 1.82) is 0 Å². The Bertz CT molecular complexity index is 1030. The molecule has 2 aromatic carbocycles. The summed E-state index contributed by atoms with van der Waals surface area (Å²) in [6, 6.07) is 14.3. The van der Waals surface area contributed by atoms with E-state index in [0.29, 0.717) is 18.0 Å². The molecule has 0 saturated carbocycles. The van der Waals surface area contributed by atoms with E-state index in [1.807, 2.05) is 24.1 Å². The number of hydrogen-bond acceptors (Lipinski definition) is 5. The molecule has 0 aliphatic carbocycles. The molecule has 202 valence electrons. The molecule has 0 aromatic heterocycles. The molecule has 0 bridgehead atoms. The van der Waals surface area contributed by atoms with Gasteiger partial charge in [-0.15, -0.1) is 0 Å². The van der Waals surface area contributed by atoms with Crippen molar-refractivity contribution in [2.75, 3.05) is 46.9 Å². The predicted molar refractivity (Wildman–Crippen MR) is 148 cm³/mol. The van der Waals surface area contributed by atoms with Gasteiger partial charge in [-0.3, -0.25) is 4.79 Å². The number of ether oxygens (including phenoxy) is 2. The van der Waals surface area contributed by atoms with E-state index >= 15 is 0 Å². The number of rotatable bonds is 12. The van der Waals surface area contributed by atoms with E-state index in [1.54, 1.807) is 0 Å². The molecule has 2 atom stereocenters. The van der Waals surface area contributed by atoms with Crippen molar-refractivity contribution in [1.82, 2.24) is 15.5 Å². The van der Waals surface area contributed by atoms with Crippen molar-refractivity contribution in [2.45, 2.75) is 45.1 Å². The Morgan fingerprint density at radius 2 is 1.97 bits per heavy atom. The van der Waals surface area contributed by atoms with Crippen LogP contribution >= 0.6 is 11.6 Å². The molecule has 1 fully saturated rings. The van der Waals surface area contributed by atoms with Crippen molar-refractivity contribution in [3.8, 4) is 11.1 Å². The Morgan fingerprint density at radius 1 is 1.16 bits per heavy atom. The molecule has 0 unspecified atom stereocenters. The highest BCUT2D eigenvalue weighted by Crippen LogP contribution is 2.41. The van der Waals surface area contributed by atoms with Gasteiger partial charge in [0, 0.05) is 43.1 Å². The summed E-state index contributed by atoms with van der Waals surface area (Å²) >= 11 is 6.81. The topological polar surface area (TPSA) is 79.9 Å². The molecular weight excluding hydrogens is 490 g/mol. The van der Waals surface area contributed by atoms with Crippen LogP contribution in [-0.4, -0.2) is 63.8 Å². The third-order valence-electron chi connectivity index (χ3n) is 6.85. The van der Waals surface area contributed by atoms with E-state index in [4.69, 9.17) is 21.1 Å². The maximum absolute atomic E-state index is 12.9. The molecule has 3 rings (SSSR count). The molecule has 0 radical (unpaired) electrons. The van der Waals surface area contributed by atoms with Crippen LogP contribution in [0.4, 0.5) is 4.79 Å². The number of nitrogens with zero attached hydrogens (tertiary/aromatic N) is 1. The molecule has 2 amide bonds. The van der Waals surface area contributed by atoms with Crippen molar-refractivity contribution >= 4 is 23.6 Å². The van der Waals surface area contributed by atoms with Gasteiger partial charge in [0.05, 0.1) is 12.7 Å². The maximum atomic E-state index is 12.9. The van der Waals surface area contributed by atoms with Gasteiger partial charge in [0.2, 0.25) is 5.91 Å². The molecule has 37 heavy (non-hydrogen) atoms. The number of nitrogens with one attached hydrogen (secondary N) is 2. The Kier molecular flexibility index (Phi) is 11.7. The lowest BCUT2D eigenvalue weighted by Gasteiger charge is -2.38.